The lowest BCUT2D eigenvalue weighted by Crippen LogP contribution is -1.91. The molecule has 0 aliphatic heterocycles. The SMILES string of the molecule is Cc1cnc2nc(C)c(C)n2c1. The van der Waals surface area contributed by atoms with Gasteiger partial charge in [-0.2, -0.15) is 0 Å². The smallest absolute Gasteiger partial charge is 0.234 e. The molecule has 62 valence electrons. The van der Waals surface area contributed by atoms with Crippen LogP contribution in [-0.2, 0) is 0 Å². The summed E-state index contributed by atoms with van der Waals surface area (Å²) in [4.78, 5) is 8.52. The first-order valence-corrected chi connectivity index (χ1v) is 3.96. The van der Waals surface area contributed by atoms with E-state index in [1.54, 1.807) is 0 Å². The zero-order valence-electron chi connectivity index (χ0n) is 7.50. The second-order valence-corrected chi connectivity index (χ2v) is 3.08. The quantitative estimate of drug-likeness (QED) is 0.588. The predicted octanol–water partition coefficient (Wildman–Crippen LogP) is 1.65. The highest BCUT2D eigenvalue weighted by atomic mass is 15.1. The zero-order valence-corrected chi connectivity index (χ0v) is 7.50. The van der Waals surface area contributed by atoms with Gasteiger partial charge in [-0.3, -0.25) is 4.40 Å². The molecule has 0 saturated carbocycles. The largest absolute Gasteiger partial charge is 0.288 e. The van der Waals surface area contributed by atoms with E-state index in [-0.39, 0.29) is 0 Å². The van der Waals surface area contributed by atoms with Gasteiger partial charge in [0.15, 0.2) is 0 Å². The van der Waals surface area contributed by atoms with Crippen molar-refractivity contribution in [1.29, 1.82) is 0 Å². The number of nitrogens with zero attached hydrogens (tertiary/aromatic N) is 3. The Morgan fingerprint density at radius 2 is 2.00 bits per heavy atom. The van der Waals surface area contributed by atoms with Crippen LogP contribution < -0.4 is 0 Å². The molecule has 2 aromatic heterocycles. The molecule has 2 aromatic rings. The molecule has 0 atom stereocenters. The first kappa shape index (κ1) is 7.28. The Morgan fingerprint density at radius 3 is 2.75 bits per heavy atom. The molecule has 2 rings (SSSR count). The van der Waals surface area contributed by atoms with Crippen LogP contribution in [0.5, 0.6) is 0 Å². The first-order chi connectivity index (χ1) is 5.68. The molecule has 0 saturated heterocycles. The van der Waals surface area contributed by atoms with Crippen molar-refractivity contribution in [2.24, 2.45) is 0 Å². The average Bonchev–Trinajstić information content (AvgIpc) is 2.31. The number of hydrogen-bond acceptors (Lipinski definition) is 2. The van der Waals surface area contributed by atoms with E-state index in [0.717, 1.165) is 17.0 Å². The first-order valence-electron chi connectivity index (χ1n) is 3.96. The van der Waals surface area contributed by atoms with Crippen molar-refractivity contribution in [2.75, 3.05) is 0 Å². The highest BCUT2D eigenvalue weighted by Crippen LogP contribution is 2.08. The van der Waals surface area contributed by atoms with Crippen LogP contribution in [0.1, 0.15) is 17.0 Å². The van der Waals surface area contributed by atoms with Crippen molar-refractivity contribution in [3.8, 4) is 0 Å². The number of aryl methyl sites for hydroxylation is 3. The molecule has 0 N–H and O–H groups in total. The van der Waals surface area contributed by atoms with Crippen molar-refractivity contribution in [1.82, 2.24) is 14.4 Å². The van der Waals surface area contributed by atoms with Crippen LogP contribution in [-0.4, -0.2) is 14.4 Å². The van der Waals surface area contributed by atoms with Crippen molar-refractivity contribution in [2.45, 2.75) is 20.8 Å². The van der Waals surface area contributed by atoms with Gasteiger partial charge in [0, 0.05) is 18.1 Å². The summed E-state index contributed by atoms with van der Waals surface area (Å²) < 4.78 is 2.02. The van der Waals surface area contributed by atoms with Crippen molar-refractivity contribution in [3.05, 3.63) is 29.3 Å². The maximum absolute atomic E-state index is 4.31. The molecule has 0 fully saturated rings. The van der Waals surface area contributed by atoms with Gasteiger partial charge < -0.3 is 0 Å². The second kappa shape index (κ2) is 2.30. The van der Waals surface area contributed by atoms with E-state index in [1.807, 2.05) is 24.4 Å². The summed E-state index contributed by atoms with van der Waals surface area (Å²) in [5.74, 6) is 0.788. The standard InChI is InChI=1S/C9H11N3/c1-6-4-10-9-11-7(2)8(3)12(9)5-6/h4-5H,1-3H3. The second-order valence-electron chi connectivity index (χ2n) is 3.08. The number of aromatic nitrogens is 3. The van der Waals surface area contributed by atoms with Crippen molar-refractivity contribution < 1.29 is 0 Å². The molecule has 12 heavy (non-hydrogen) atoms. The molecule has 0 bridgehead atoms. The molecular formula is C9H11N3. The Bertz CT molecular complexity index is 429. The van der Waals surface area contributed by atoms with E-state index < -0.39 is 0 Å². The van der Waals surface area contributed by atoms with Crippen LogP contribution in [0.25, 0.3) is 5.78 Å². The summed E-state index contributed by atoms with van der Waals surface area (Å²) in [6, 6.07) is 0. The molecule has 0 unspecified atom stereocenters. The van der Waals surface area contributed by atoms with E-state index in [2.05, 4.69) is 23.1 Å². The summed E-state index contributed by atoms with van der Waals surface area (Å²) >= 11 is 0. The van der Waals surface area contributed by atoms with Gasteiger partial charge in [-0.1, -0.05) is 0 Å². The molecule has 0 radical (unpaired) electrons. The maximum atomic E-state index is 4.31. The predicted molar refractivity (Wildman–Crippen MR) is 47.2 cm³/mol. The number of hydrogen-bond donors (Lipinski definition) is 0. The number of fused-ring (bicyclic) bond motifs is 1. The topological polar surface area (TPSA) is 30.2 Å². The molecule has 0 aromatic carbocycles. The van der Waals surface area contributed by atoms with Crippen LogP contribution in [0.4, 0.5) is 0 Å². The van der Waals surface area contributed by atoms with Crippen LogP contribution in [0.2, 0.25) is 0 Å². The number of rotatable bonds is 0. The lowest BCUT2D eigenvalue weighted by atomic mass is 10.3. The summed E-state index contributed by atoms with van der Waals surface area (Å²) in [5, 5.41) is 0. The van der Waals surface area contributed by atoms with Gasteiger partial charge in [-0.15, -0.1) is 0 Å². The van der Waals surface area contributed by atoms with Crippen LogP contribution in [0, 0.1) is 20.8 Å². The normalized spacial score (nSPS) is 10.9. The molecule has 2 heterocycles. The van der Waals surface area contributed by atoms with Gasteiger partial charge >= 0.3 is 0 Å². The lowest BCUT2D eigenvalue weighted by Gasteiger charge is -1.96. The van der Waals surface area contributed by atoms with E-state index >= 15 is 0 Å². The monoisotopic (exact) mass is 161 g/mol. The summed E-state index contributed by atoms with van der Waals surface area (Å²) in [5.41, 5.74) is 3.37. The maximum Gasteiger partial charge on any atom is 0.234 e. The highest BCUT2D eigenvalue weighted by Gasteiger charge is 2.03. The van der Waals surface area contributed by atoms with E-state index in [9.17, 15) is 0 Å². The van der Waals surface area contributed by atoms with Crippen LogP contribution in [0.15, 0.2) is 12.4 Å². The van der Waals surface area contributed by atoms with E-state index in [1.165, 1.54) is 5.69 Å². The minimum absolute atomic E-state index is 0.788. The van der Waals surface area contributed by atoms with Gasteiger partial charge in [-0.25, -0.2) is 9.97 Å². The van der Waals surface area contributed by atoms with Crippen LogP contribution >= 0.6 is 0 Å². The van der Waals surface area contributed by atoms with Gasteiger partial charge in [0.2, 0.25) is 5.78 Å². The van der Waals surface area contributed by atoms with Crippen molar-refractivity contribution in [3.63, 3.8) is 0 Å². The molecule has 3 heteroatoms. The molecule has 0 aliphatic carbocycles. The average molecular weight is 161 g/mol. The Hall–Kier alpha value is -1.38. The fraction of sp³-hybridized carbons (Fsp3) is 0.333. The van der Waals surface area contributed by atoms with Gasteiger partial charge in [0.1, 0.15) is 0 Å². The van der Waals surface area contributed by atoms with Gasteiger partial charge in [0.25, 0.3) is 0 Å². The molecule has 0 spiro atoms. The summed E-state index contributed by atoms with van der Waals surface area (Å²) in [6.45, 7) is 6.08. The van der Waals surface area contributed by atoms with Gasteiger partial charge in [-0.05, 0) is 26.3 Å². The van der Waals surface area contributed by atoms with E-state index in [0.29, 0.717) is 0 Å². The Morgan fingerprint density at radius 1 is 1.25 bits per heavy atom. The lowest BCUT2D eigenvalue weighted by molar-refractivity contribution is 1.04. The summed E-state index contributed by atoms with van der Waals surface area (Å²) in [7, 11) is 0. The zero-order chi connectivity index (χ0) is 8.72. The molecule has 0 amide bonds. The highest BCUT2D eigenvalue weighted by molar-refractivity contribution is 5.35. The fourth-order valence-corrected chi connectivity index (χ4v) is 1.25. The third kappa shape index (κ3) is 0.897. The minimum Gasteiger partial charge on any atom is -0.288 e. The van der Waals surface area contributed by atoms with Gasteiger partial charge in [0.05, 0.1) is 5.69 Å². The molecular weight excluding hydrogens is 150 g/mol. The minimum atomic E-state index is 0.788. The molecule has 0 aliphatic rings. The van der Waals surface area contributed by atoms with Crippen molar-refractivity contribution >= 4 is 5.78 Å². The Labute approximate surface area is 71.1 Å². The fourth-order valence-electron chi connectivity index (χ4n) is 1.25. The summed E-state index contributed by atoms with van der Waals surface area (Å²) in [6.07, 6.45) is 3.89. The number of imidazole rings is 1. The Balaban J connectivity index is 2.88. The Kier molecular flexibility index (Phi) is 1.40. The third-order valence-electron chi connectivity index (χ3n) is 2.08. The molecule has 3 nitrogen and oxygen atoms in total. The van der Waals surface area contributed by atoms with E-state index in [4.69, 9.17) is 0 Å². The third-order valence-corrected chi connectivity index (χ3v) is 2.08. The van der Waals surface area contributed by atoms with Crippen LogP contribution in [0.3, 0.4) is 0 Å².